The summed E-state index contributed by atoms with van der Waals surface area (Å²) in [5, 5.41) is 3.42. The first kappa shape index (κ1) is 28.2. The second-order valence-electron chi connectivity index (χ2n) is 8.74. The second kappa shape index (κ2) is 12.4. The van der Waals surface area contributed by atoms with Crippen LogP contribution in [0.4, 0.5) is 10.1 Å². The maximum Gasteiger partial charge on any atom is 0.473 e. The Kier molecular flexibility index (Phi) is 8.95. The molecule has 0 fully saturated rings. The van der Waals surface area contributed by atoms with Crippen molar-refractivity contribution in [2.75, 3.05) is 32.6 Å². The summed E-state index contributed by atoms with van der Waals surface area (Å²) in [4.78, 5) is 36.5. The highest BCUT2D eigenvalue weighted by Crippen LogP contribution is 2.44. The van der Waals surface area contributed by atoms with Crippen molar-refractivity contribution in [2.24, 2.45) is 0 Å². The van der Waals surface area contributed by atoms with Crippen LogP contribution >= 0.6 is 7.82 Å². The topological polar surface area (TPSA) is 132 Å². The molecule has 2 N–H and O–H groups in total. The molecule has 0 spiro atoms. The lowest BCUT2D eigenvalue weighted by Crippen LogP contribution is -2.13. The van der Waals surface area contributed by atoms with Gasteiger partial charge >= 0.3 is 7.82 Å². The van der Waals surface area contributed by atoms with E-state index in [1.165, 1.54) is 29.1 Å². The molecule has 0 aliphatic rings. The Morgan fingerprint density at radius 1 is 1.15 bits per heavy atom. The first-order chi connectivity index (χ1) is 18.6. The first-order valence-electron chi connectivity index (χ1n) is 12.0. The molecule has 0 radical (unpaired) electrons. The number of carbonyl (C=O) groups is 1. The summed E-state index contributed by atoms with van der Waals surface area (Å²) in [5.41, 5.74) is 3.45. The van der Waals surface area contributed by atoms with Gasteiger partial charge in [0.2, 0.25) is 11.9 Å². The predicted octanol–water partition coefficient (Wildman–Crippen LogP) is 4.47. The van der Waals surface area contributed by atoms with E-state index in [1.807, 2.05) is 25.1 Å². The summed E-state index contributed by atoms with van der Waals surface area (Å²) in [5.74, 6) is -0.936. The number of likely N-dealkylation sites (N-methyl/N-ethyl adjacent to an activating group) is 1. The highest BCUT2D eigenvalue weighted by molar-refractivity contribution is 7.47. The van der Waals surface area contributed by atoms with Gasteiger partial charge in [0.15, 0.2) is 0 Å². The average molecular weight is 555 g/mol. The number of pyridine rings is 3. The van der Waals surface area contributed by atoms with E-state index < -0.39 is 13.8 Å². The van der Waals surface area contributed by atoms with Crippen molar-refractivity contribution in [3.63, 3.8) is 0 Å². The Bertz CT molecular complexity index is 1560. The van der Waals surface area contributed by atoms with E-state index in [0.717, 1.165) is 0 Å². The maximum atomic E-state index is 14.0. The number of nitrogens with one attached hydrogen (secondary N) is 1. The fourth-order valence-electron chi connectivity index (χ4n) is 3.78. The standard InChI is InChI=1S/C26H28FN6O5P/c1-4-37-39(35,36)38-17-33-16-23(18-7-8-29-24(27)12-18)22-11-20(14-30-26(22)33)19-10-21(15-28-13-19)31-25(34)6-5-9-32(2)3/h5-8,10-16H,4,9,17H2,1-3H3,(H,31,34)(H,35,36). The van der Waals surface area contributed by atoms with Crippen molar-refractivity contribution in [3.05, 3.63) is 73.3 Å². The maximum absolute atomic E-state index is 14.0. The molecule has 4 aromatic rings. The lowest BCUT2D eigenvalue weighted by molar-refractivity contribution is -0.111. The molecule has 0 aromatic carbocycles. The lowest BCUT2D eigenvalue weighted by atomic mass is 10.0. The minimum absolute atomic E-state index is 0.00325. The second-order valence-corrected chi connectivity index (χ2v) is 10.2. The molecule has 0 saturated carbocycles. The lowest BCUT2D eigenvalue weighted by Gasteiger charge is -2.11. The molecular weight excluding hydrogens is 526 g/mol. The van der Waals surface area contributed by atoms with Crippen LogP contribution in [0.15, 0.2) is 67.4 Å². The van der Waals surface area contributed by atoms with E-state index in [1.54, 1.807) is 43.7 Å². The summed E-state index contributed by atoms with van der Waals surface area (Å²) < 4.78 is 37.4. The summed E-state index contributed by atoms with van der Waals surface area (Å²) >= 11 is 0. The van der Waals surface area contributed by atoms with Gasteiger partial charge in [0, 0.05) is 65.6 Å². The van der Waals surface area contributed by atoms with Crippen molar-refractivity contribution in [1.29, 1.82) is 0 Å². The van der Waals surface area contributed by atoms with Gasteiger partial charge < -0.3 is 19.7 Å². The number of phosphoric ester groups is 1. The Labute approximate surface area is 224 Å². The zero-order valence-corrected chi connectivity index (χ0v) is 22.5. The minimum atomic E-state index is -4.26. The zero-order valence-electron chi connectivity index (χ0n) is 21.6. The van der Waals surface area contributed by atoms with Crippen molar-refractivity contribution < 1.29 is 27.7 Å². The number of aromatic nitrogens is 4. The number of rotatable bonds is 11. The fraction of sp³-hybridized carbons (Fsp3) is 0.231. The van der Waals surface area contributed by atoms with Gasteiger partial charge in [-0.3, -0.25) is 18.8 Å². The SMILES string of the molecule is CCOP(=O)(O)OCn1cc(-c2ccnc(F)c2)c2cc(-c3cncc(NC(=O)C=CCN(C)C)c3)cnc21. The summed E-state index contributed by atoms with van der Waals surface area (Å²) in [6.07, 6.45) is 11.0. The zero-order chi connectivity index (χ0) is 28.0. The Hall–Kier alpha value is -3.80. The van der Waals surface area contributed by atoms with Crippen LogP contribution in [0.25, 0.3) is 33.3 Å². The number of carbonyl (C=O) groups excluding carboxylic acids is 1. The number of phosphoric acid groups is 1. The van der Waals surface area contributed by atoms with Crippen molar-refractivity contribution in [3.8, 4) is 22.3 Å². The predicted molar refractivity (Wildman–Crippen MR) is 145 cm³/mol. The fourth-order valence-corrected chi connectivity index (χ4v) is 4.45. The molecule has 4 aromatic heterocycles. The van der Waals surface area contributed by atoms with Crippen molar-refractivity contribution >= 4 is 30.5 Å². The molecule has 4 rings (SSSR count). The van der Waals surface area contributed by atoms with Crippen LogP contribution in [0.3, 0.4) is 0 Å². The molecule has 204 valence electrons. The van der Waals surface area contributed by atoms with E-state index >= 15 is 0 Å². The largest absolute Gasteiger partial charge is 0.473 e. The van der Waals surface area contributed by atoms with Gasteiger partial charge in [0.05, 0.1) is 18.5 Å². The van der Waals surface area contributed by atoms with Crippen LogP contribution in [0.1, 0.15) is 6.92 Å². The highest BCUT2D eigenvalue weighted by Gasteiger charge is 2.22. The molecule has 4 heterocycles. The molecule has 0 bridgehead atoms. The van der Waals surface area contributed by atoms with Gasteiger partial charge in [-0.1, -0.05) is 6.08 Å². The van der Waals surface area contributed by atoms with Crippen LogP contribution < -0.4 is 5.32 Å². The normalized spacial score (nSPS) is 13.3. The third-order valence-corrected chi connectivity index (χ3v) is 6.51. The van der Waals surface area contributed by atoms with E-state index in [9.17, 15) is 18.6 Å². The Morgan fingerprint density at radius 3 is 2.69 bits per heavy atom. The van der Waals surface area contributed by atoms with Crippen LogP contribution in [-0.4, -0.2) is 62.5 Å². The van der Waals surface area contributed by atoms with Gasteiger partial charge in [0.25, 0.3) is 0 Å². The molecule has 1 atom stereocenters. The number of hydrogen-bond acceptors (Lipinski definition) is 8. The molecule has 0 aliphatic carbocycles. The molecule has 0 aliphatic heterocycles. The number of hydrogen-bond donors (Lipinski definition) is 2. The summed E-state index contributed by atoms with van der Waals surface area (Å²) in [6.45, 7) is 1.89. The summed E-state index contributed by atoms with van der Waals surface area (Å²) in [7, 11) is -0.448. The molecule has 13 heteroatoms. The monoisotopic (exact) mass is 554 g/mol. The number of anilines is 1. The molecule has 11 nitrogen and oxygen atoms in total. The third kappa shape index (κ3) is 7.41. The first-order valence-corrected chi connectivity index (χ1v) is 13.4. The Morgan fingerprint density at radius 2 is 1.95 bits per heavy atom. The van der Waals surface area contributed by atoms with Gasteiger partial charge in [-0.2, -0.15) is 4.39 Å². The number of amides is 1. The minimum Gasteiger partial charge on any atom is -0.321 e. The van der Waals surface area contributed by atoms with E-state index in [2.05, 4.69) is 20.3 Å². The van der Waals surface area contributed by atoms with Crippen LogP contribution in [0.2, 0.25) is 0 Å². The van der Waals surface area contributed by atoms with E-state index in [-0.39, 0.29) is 19.2 Å². The number of halogens is 1. The Balaban J connectivity index is 1.69. The summed E-state index contributed by atoms with van der Waals surface area (Å²) in [6, 6.07) is 6.54. The number of nitrogens with zero attached hydrogens (tertiary/aromatic N) is 5. The average Bonchev–Trinajstić information content (AvgIpc) is 3.25. The quantitative estimate of drug-likeness (QED) is 0.157. The molecule has 1 unspecified atom stereocenters. The van der Waals surface area contributed by atoms with Gasteiger partial charge in [0.1, 0.15) is 12.4 Å². The van der Waals surface area contributed by atoms with Gasteiger partial charge in [-0.05, 0) is 44.8 Å². The third-order valence-electron chi connectivity index (χ3n) is 5.48. The van der Waals surface area contributed by atoms with Crippen LogP contribution in [0.5, 0.6) is 0 Å². The van der Waals surface area contributed by atoms with Crippen LogP contribution in [-0.2, 0) is 25.1 Å². The highest BCUT2D eigenvalue weighted by atomic mass is 31.2. The van der Waals surface area contributed by atoms with Gasteiger partial charge in [-0.25, -0.2) is 14.5 Å². The molecular formula is C26H28FN6O5P. The molecule has 39 heavy (non-hydrogen) atoms. The molecule has 1 amide bonds. The molecule has 0 saturated heterocycles. The van der Waals surface area contributed by atoms with Crippen molar-refractivity contribution in [2.45, 2.75) is 13.7 Å². The van der Waals surface area contributed by atoms with E-state index in [4.69, 9.17) is 9.05 Å². The van der Waals surface area contributed by atoms with Crippen LogP contribution in [0, 0.1) is 5.95 Å². The van der Waals surface area contributed by atoms with Crippen molar-refractivity contribution in [1.82, 2.24) is 24.4 Å². The smallest absolute Gasteiger partial charge is 0.321 e. The van der Waals surface area contributed by atoms with Gasteiger partial charge in [-0.15, -0.1) is 0 Å². The number of fused-ring (bicyclic) bond motifs is 1. The van der Waals surface area contributed by atoms with E-state index in [0.29, 0.717) is 45.5 Å².